The zero-order valence-electron chi connectivity index (χ0n) is 90.6. The molecule has 4 nitrogen and oxygen atoms in total. The Kier molecular flexibility index (Phi) is 64.3. The van der Waals surface area contributed by atoms with E-state index in [0.29, 0.717) is 87.0 Å². The van der Waals surface area contributed by atoms with Crippen LogP contribution in [-0.2, 0) is 0 Å². The molecule has 0 spiro atoms. The van der Waals surface area contributed by atoms with Crippen molar-refractivity contribution in [2.45, 2.75) is 305 Å². The minimum atomic E-state index is 0.504. The summed E-state index contributed by atoms with van der Waals surface area (Å²) in [6.07, 6.45) is 0. The lowest BCUT2D eigenvalue weighted by Gasteiger charge is -2.10. The molecule has 9 heteroatoms. The van der Waals surface area contributed by atoms with Gasteiger partial charge in [-0.15, -0.1) is 0 Å². The van der Waals surface area contributed by atoms with E-state index >= 15 is 0 Å². The van der Waals surface area contributed by atoms with Gasteiger partial charge in [-0.25, -0.2) is 0 Å². The van der Waals surface area contributed by atoms with Crippen molar-refractivity contribution in [3.05, 3.63) is 434 Å². The molecular formula is C128H173Cl5O4. The number of hydrogen-bond acceptors (Lipinski definition) is 4. The second-order valence-electron chi connectivity index (χ2n) is 38.5. The van der Waals surface area contributed by atoms with Crippen LogP contribution in [0.15, 0.2) is 303 Å². The minimum absolute atomic E-state index is 0.504. The Labute approximate surface area is 860 Å². The highest BCUT2D eigenvalue weighted by atomic mass is 35.5. The quantitative estimate of drug-likeness (QED) is 0.0858. The zero-order chi connectivity index (χ0) is 104. The second-order valence-corrected chi connectivity index (χ2v) is 40.6. The number of halogens is 5. The topological polar surface area (TPSA) is 36.9 Å². The Morgan fingerprint density at radius 2 is 0.533 bits per heavy atom. The molecule has 0 aliphatic rings. The number of rotatable bonds is 18. The van der Waals surface area contributed by atoms with Gasteiger partial charge in [0.05, 0.1) is 38.0 Å². The van der Waals surface area contributed by atoms with E-state index in [2.05, 4.69) is 404 Å². The molecule has 0 bridgehead atoms. The van der Waals surface area contributed by atoms with Crippen LogP contribution in [0.5, 0.6) is 23.0 Å². The molecule has 0 amide bonds. The average Bonchev–Trinajstić information content (AvgIpc) is 0.878. The lowest BCUT2D eigenvalue weighted by Crippen LogP contribution is -1.92. The summed E-state index contributed by atoms with van der Waals surface area (Å²) >= 11 is 29.0. The molecule has 0 N–H and O–H groups in total. The lowest BCUT2D eigenvalue weighted by atomic mass is 9.99. The molecule has 0 aromatic heterocycles. The Balaban J connectivity index is 0.000000742. The third-order valence-corrected chi connectivity index (χ3v) is 24.2. The third kappa shape index (κ3) is 53.5. The van der Waals surface area contributed by atoms with Crippen molar-refractivity contribution in [3.63, 3.8) is 0 Å². The molecule has 744 valence electrons. The molecule has 0 fully saturated rings. The van der Waals surface area contributed by atoms with Gasteiger partial charge in [0.15, 0.2) is 0 Å². The van der Waals surface area contributed by atoms with Gasteiger partial charge in [-0.1, -0.05) is 468 Å². The van der Waals surface area contributed by atoms with Gasteiger partial charge in [0.1, 0.15) is 23.0 Å². The average molecular weight is 1950 g/mol. The summed E-state index contributed by atoms with van der Waals surface area (Å²) in [5.41, 5.74) is 25.9. The maximum Gasteiger partial charge on any atom is 0.122 e. The van der Waals surface area contributed by atoms with Crippen LogP contribution in [0.1, 0.15) is 370 Å². The summed E-state index contributed by atoms with van der Waals surface area (Å²) in [5, 5.41) is 3.77. The van der Waals surface area contributed by atoms with Crippen molar-refractivity contribution in [2.75, 3.05) is 27.9 Å². The third-order valence-electron chi connectivity index (χ3n) is 22.6. The molecule has 0 aliphatic carbocycles. The van der Waals surface area contributed by atoms with E-state index in [1.807, 2.05) is 128 Å². The van der Waals surface area contributed by atoms with Crippen molar-refractivity contribution >= 4 is 58.0 Å². The standard InChI is InChI=1S/C11H16O.C11H16.3C10H14O.4C10H14.C9H10Cl2.3C9H11Cl/c1-4-12-11-7-5-10(6-8-11)9(2)3;1-8(2)11-6-5-9(3)10(4)7-11;1-8(2)9-4-6-10(11-3)7-5-9;1-8(2)9-5-4-6-10(7-9)11-3;1-8(2)9-6-4-5-7-10(9)11-3;1-8(2)10-6-4-9(3)5-7-10;1-8(2)10-6-4-5-9(3)7-10;2*1-8(2)10-7-5-4-6-9(10)3;1-6(2)7-3-4-8(10)9(11)5-7;1-7(2)8-3-5-9(10)6-4-8;1-7(2)8-4-3-5-9(10)6-8;1-7(2)8-5-3-4-6-9(8)10/h5-9H,4H2,1-3H3;5-8H,1-4H3;3*4-8H,1-3H3;4*4-8H,1-3H3;3-6H,1-2H3;3*3-7H,1-2H3. The van der Waals surface area contributed by atoms with E-state index in [4.69, 9.17) is 77.0 Å². The van der Waals surface area contributed by atoms with Crippen molar-refractivity contribution in [2.24, 2.45) is 0 Å². The van der Waals surface area contributed by atoms with Crippen molar-refractivity contribution in [1.29, 1.82) is 0 Å². The summed E-state index contributed by atoms with van der Waals surface area (Å²) in [5.74, 6) is 11.6. The Hall–Kier alpha value is -9.49. The van der Waals surface area contributed by atoms with Crippen LogP contribution in [-0.4, -0.2) is 27.9 Å². The molecule has 0 heterocycles. The lowest BCUT2D eigenvalue weighted by molar-refractivity contribution is 0.340. The van der Waals surface area contributed by atoms with E-state index < -0.39 is 0 Å². The van der Waals surface area contributed by atoms with Crippen LogP contribution in [0.4, 0.5) is 0 Å². The predicted octanol–water partition coefficient (Wildman–Crippen LogP) is 42.1. The van der Waals surface area contributed by atoms with Gasteiger partial charge in [-0.3, -0.25) is 0 Å². The highest BCUT2D eigenvalue weighted by molar-refractivity contribution is 6.42. The first-order valence-electron chi connectivity index (χ1n) is 49.3. The van der Waals surface area contributed by atoms with E-state index in [1.54, 1.807) is 21.3 Å². The first kappa shape index (κ1) is 126. The number of ether oxygens (including phenoxy) is 4. The summed E-state index contributed by atoms with van der Waals surface area (Å²) in [7, 11) is 5.09. The van der Waals surface area contributed by atoms with E-state index in [1.165, 1.54) is 106 Å². The van der Waals surface area contributed by atoms with Crippen molar-refractivity contribution in [1.82, 2.24) is 0 Å². The van der Waals surface area contributed by atoms with Crippen molar-refractivity contribution < 1.29 is 18.9 Å². The first-order chi connectivity index (χ1) is 64.6. The number of methoxy groups -OCH3 is 3. The van der Waals surface area contributed by atoms with Crippen LogP contribution in [0.25, 0.3) is 0 Å². The Morgan fingerprint density at radius 3 is 0.869 bits per heavy atom. The van der Waals surface area contributed by atoms with Crippen LogP contribution in [0.3, 0.4) is 0 Å². The molecule has 0 radical (unpaired) electrons. The van der Waals surface area contributed by atoms with E-state index in [0.717, 1.165) is 44.7 Å². The molecule has 13 rings (SSSR count). The van der Waals surface area contributed by atoms with Gasteiger partial charge in [0.25, 0.3) is 0 Å². The van der Waals surface area contributed by atoms with Crippen LogP contribution in [0.2, 0.25) is 25.1 Å². The molecule has 137 heavy (non-hydrogen) atoms. The molecular weight excluding hydrogens is 1780 g/mol. The number of aryl methyl sites for hydroxylation is 6. The maximum absolute atomic E-state index is 5.92. The SMILES string of the molecule is CC(C)c1ccc(Cl)c(Cl)c1.CC(C)c1ccc(Cl)cc1.CC(C)c1cccc(Cl)c1.CC(C)c1ccccc1Cl.CCOc1ccc(C(C)C)cc1.COc1ccc(C(C)C)cc1.COc1cccc(C(C)C)c1.COc1ccccc1C(C)C.Cc1ccc(C(C)C)cc1.Cc1ccc(C(C)C)cc1C.Cc1cccc(C(C)C)c1.Cc1ccccc1C(C)C.Cc1ccccc1C(C)C. The fourth-order valence-corrected chi connectivity index (χ4v) is 14.3. The Bertz CT molecular complexity index is 5050. The molecule has 0 saturated heterocycles. The molecule has 13 aromatic rings. The predicted molar refractivity (Wildman–Crippen MR) is 611 cm³/mol. The molecule has 0 saturated carbocycles. The van der Waals surface area contributed by atoms with E-state index in [-0.39, 0.29) is 0 Å². The maximum atomic E-state index is 5.92. The van der Waals surface area contributed by atoms with Gasteiger partial charge < -0.3 is 18.9 Å². The molecule has 0 aliphatic heterocycles. The molecule has 0 atom stereocenters. The largest absolute Gasteiger partial charge is 0.497 e. The summed E-state index contributed by atoms with van der Waals surface area (Å²) in [6, 6.07) is 104. The highest BCUT2D eigenvalue weighted by Gasteiger charge is 2.10. The summed E-state index contributed by atoms with van der Waals surface area (Å²) in [4.78, 5) is 0. The Morgan fingerprint density at radius 1 is 0.197 bits per heavy atom. The number of benzene rings is 13. The van der Waals surface area contributed by atoms with Gasteiger partial charge in [-0.2, -0.15) is 0 Å². The fourth-order valence-electron chi connectivity index (χ4n) is 13.4. The number of para-hydroxylation sites is 1. The second kappa shape index (κ2) is 70.2. The summed E-state index contributed by atoms with van der Waals surface area (Å²) in [6.45, 7) is 72.4. The number of hydrogen-bond donors (Lipinski definition) is 0. The van der Waals surface area contributed by atoms with E-state index in [9.17, 15) is 0 Å². The normalized spacial score (nSPS) is 10.4. The van der Waals surface area contributed by atoms with Gasteiger partial charge >= 0.3 is 0 Å². The molecule has 0 unspecified atom stereocenters. The summed E-state index contributed by atoms with van der Waals surface area (Å²) < 4.78 is 20.7. The minimum Gasteiger partial charge on any atom is -0.497 e. The van der Waals surface area contributed by atoms with Gasteiger partial charge in [0.2, 0.25) is 0 Å². The fraction of sp³-hybridized carbons (Fsp3) is 0.391. The van der Waals surface area contributed by atoms with Crippen LogP contribution in [0, 0.1) is 41.5 Å². The van der Waals surface area contributed by atoms with Crippen LogP contribution < -0.4 is 18.9 Å². The van der Waals surface area contributed by atoms with Gasteiger partial charge in [0, 0.05) is 15.1 Å². The highest BCUT2D eigenvalue weighted by Crippen LogP contribution is 2.31. The van der Waals surface area contributed by atoms with Crippen LogP contribution >= 0.6 is 58.0 Å². The first-order valence-corrected chi connectivity index (χ1v) is 51.2. The van der Waals surface area contributed by atoms with Crippen molar-refractivity contribution in [3.8, 4) is 23.0 Å². The molecule has 13 aromatic carbocycles. The monoisotopic (exact) mass is 1950 g/mol. The van der Waals surface area contributed by atoms with Gasteiger partial charge in [-0.05, 0) is 305 Å². The zero-order valence-corrected chi connectivity index (χ0v) is 94.4. The smallest absolute Gasteiger partial charge is 0.122 e.